The number of nitrogens with zero attached hydrogens (tertiary/aromatic N) is 1. The van der Waals surface area contributed by atoms with Gasteiger partial charge in [-0.2, -0.15) is 0 Å². The monoisotopic (exact) mass is 305 g/mol. The molecular formula is C19H31NO2. The minimum Gasteiger partial charge on any atom is -0.493 e. The molecule has 3 nitrogen and oxygen atoms in total. The van der Waals surface area contributed by atoms with Crippen molar-refractivity contribution in [3.05, 3.63) is 23.8 Å². The summed E-state index contributed by atoms with van der Waals surface area (Å²) >= 11 is 0. The molecule has 0 amide bonds. The van der Waals surface area contributed by atoms with Crippen LogP contribution in [-0.4, -0.2) is 31.7 Å². The number of benzene rings is 1. The van der Waals surface area contributed by atoms with Gasteiger partial charge in [0, 0.05) is 6.54 Å². The highest BCUT2D eigenvalue weighted by atomic mass is 16.5. The van der Waals surface area contributed by atoms with Gasteiger partial charge in [0.15, 0.2) is 11.5 Å². The van der Waals surface area contributed by atoms with E-state index in [0.29, 0.717) is 0 Å². The van der Waals surface area contributed by atoms with E-state index in [0.717, 1.165) is 31.1 Å². The zero-order valence-corrected chi connectivity index (χ0v) is 14.3. The van der Waals surface area contributed by atoms with E-state index >= 15 is 0 Å². The van der Waals surface area contributed by atoms with Gasteiger partial charge in [0.1, 0.15) is 0 Å². The lowest BCUT2D eigenvalue weighted by Gasteiger charge is -2.26. The fourth-order valence-electron chi connectivity index (χ4n) is 3.02. The molecule has 0 aliphatic carbocycles. The fourth-order valence-corrected chi connectivity index (χ4v) is 3.02. The van der Waals surface area contributed by atoms with Crippen LogP contribution in [0.1, 0.15) is 57.4 Å². The Kier molecular flexibility index (Phi) is 7.58. The third kappa shape index (κ3) is 5.53. The molecule has 0 bridgehead atoms. The average Bonchev–Trinajstić information content (AvgIpc) is 2.56. The zero-order chi connectivity index (χ0) is 15.6. The first kappa shape index (κ1) is 17.1. The summed E-state index contributed by atoms with van der Waals surface area (Å²) in [4.78, 5) is 2.53. The summed E-state index contributed by atoms with van der Waals surface area (Å²) in [5.74, 6) is 1.74. The van der Waals surface area contributed by atoms with Gasteiger partial charge in [0.2, 0.25) is 0 Å². The predicted molar refractivity (Wildman–Crippen MR) is 91.8 cm³/mol. The third-order valence-electron chi connectivity index (χ3n) is 4.34. The second-order valence-corrected chi connectivity index (χ2v) is 6.23. The van der Waals surface area contributed by atoms with Gasteiger partial charge in [-0.25, -0.2) is 0 Å². The van der Waals surface area contributed by atoms with Crippen molar-refractivity contribution < 1.29 is 9.47 Å². The first-order valence-corrected chi connectivity index (χ1v) is 8.85. The maximum absolute atomic E-state index is 5.88. The van der Waals surface area contributed by atoms with E-state index in [4.69, 9.17) is 9.47 Å². The molecule has 1 aliphatic heterocycles. The summed E-state index contributed by atoms with van der Waals surface area (Å²) in [5, 5.41) is 0. The Morgan fingerprint density at radius 1 is 1.00 bits per heavy atom. The van der Waals surface area contributed by atoms with Crippen LogP contribution in [0.3, 0.4) is 0 Å². The first-order chi connectivity index (χ1) is 10.8. The molecule has 3 heteroatoms. The number of rotatable bonds is 9. The normalized spacial score (nSPS) is 15.7. The number of methoxy groups -OCH3 is 1. The van der Waals surface area contributed by atoms with E-state index in [1.807, 2.05) is 0 Å². The maximum atomic E-state index is 5.88. The van der Waals surface area contributed by atoms with Crippen LogP contribution in [0.4, 0.5) is 0 Å². The Labute approximate surface area is 135 Å². The van der Waals surface area contributed by atoms with Gasteiger partial charge in [0.25, 0.3) is 0 Å². The van der Waals surface area contributed by atoms with Crippen LogP contribution in [0.5, 0.6) is 11.5 Å². The van der Waals surface area contributed by atoms with Crippen molar-refractivity contribution in [2.45, 2.75) is 58.4 Å². The molecule has 0 aromatic heterocycles. The second-order valence-electron chi connectivity index (χ2n) is 6.23. The Bertz CT molecular complexity index is 427. The first-order valence-electron chi connectivity index (χ1n) is 8.85. The number of hydrogen-bond donors (Lipinski definition) is 0. The Morgan fingerprint density at radius 2 is 1.82 bits per heavy atom. The lowest BCUT2D eigenvalue weighted by molar-refractivity contribution is 0.220. The standard InChI is InChI=1S/C19H31NO2/c1-3-4-5-9-14-22-18-11-10-17(15-19(18)21-2)16-20-12-7-6-8-13-20/h10-11,15H,3-9,12-14,16H2,1-2H3. The zero-order valence-electron chi connectivity index (χ0n) is 14.3. The molecule has 0 radical (unpaired) electrons. The molecule has 1 saturated heterocycles. The highest BCUT2D eigenvalue weighted by Gasteiger charge is 2.12. The molecule has 0 N–H and O–H groups in total. The number of unbranched alkanes of at least 4 members (excludes halogenated alkanes) is 3. The van der Waals surface area contributed by atoms with Crippen molar-refractivity contribution in [1.82, 2.24) is 4.90 Å². The van der Waals surface area contributed by atoms with Gasteiger partial charge in [0.05, 0.1) is 13.7 Å². The number of likely N-dealkylation sites (tertiary alicyclic amines) is 1. The molecule has 0 saturated carbocycles. The molecule has 0 unspecified atom stereocenters. The van der Waals surface area contributed by atoms with Crippen molar-refractivity contribution in [2.75, 3.05) is 26.8 Å². The summed E-state index contributed by atoms with van der Waals surface area (Å²) in [6.45, 7) is 6.47. The van der Waals surface area contributed by atoms with Crippen molar-refractivity contribution >= 4 is 0 Å². The Hall–Kier alpha value is -1.22. The summed E-state index contributed by atoms with van der Waals surface area (Å²) in [7, 11) is 1.73. The van der Waals surface area contributed by atoms with Crippen LogP contribution < -0.4 is 9.47 Å². The van der Waals surface area contributed by atoms with E-state index in [1.165, 1.54) is 57.2 Å². The van der Waals surface area contributed by atoms with Gasteiger partial charge >= 0.3 is 0 Å². The van der Waals surface area contributed by atoms with E-state index in [9.17, 15) is 0 Å². The summed E-state index contributed by atoms with van der Waals surface area (Å²) in [6.07, 6.45) is 8.94. The smallest absolute Gasteiger partial charge is 0.161 e. The highest BCUT2D eigenvalue weighted by Crippen LogP contribution is 2.29. The average molecular weight is 305 g/mol. The van der Waals surface area contributed by atoms with Crippen LogP contribution in [0, 0.1) is 0 Å². The molecule has 0 atom stereocenters. The number of hydrogen-bond acceptors (Lipinski definition) is 3. The number of piperidine rings is 1. The van der Waals surface area contributed by atoms with Crippen molar-refractivity contribution in [3.63, 3.8) is 0 Å². The van der Waals surface area contributed by atoms with E-state index in [-0.39, 0.29) is 0 Å². The molecule has 124 valence electrons. The van der Waals surface area contributed by atoms with Crippen LogP contribution in [0.15, 0.2) is 18.2 Å². The summed E-state index contributed by atoms with van der Waals surface area (Å²) in [6, 6.07) is 6.38. The minimum absolute atomic E-state index is 0.780. The van der Waals surface area contributed by atoms with Crippen LogP contribution in [0.2, 0.25) is 0 Å². The molecule has 1 aliphatic rings. The third-order valence-corrected chi connectivity index (χ3v) is 4.34. The largest absolute Gasteiger partial charge is 0.493 e. The highest BCUT2D eigenvalue weighted by molar-refractivity contribution is 5.43. The van der Waals surface area contributed by atoms with Gasteiger partial charge in [-0.05, 0) is 50.0 Å². The molecule has 22 heavy (non-hydrogen) atoms. The van der Waals surface area contributed by atoms with E-state index in [1.54, 1.807) is 7.11 Å². The van der Waals surface area contributed by atoms with Crippen LogP contribution >= 0.6 is 0 Å². The fraction of sp³-hybridized carbons (Fsp3) is 0.684. The predicted octanol–water partition coefficient (Wildman–Crippen LogP) is 4.64. The second kappa shape index (κ2) is 9.73. The van der Waals surface area contributed by atoms with Gasteiger partial charge in [-0.15, -0.1) is 0 Å². The Balaban J connectivity index is 1.86. The SMILES string of the molecule is CCCCCCOc1ccc(CN2CCCCC2)cc1OC. The van der Waals surface area contributed by atoms with Gasteiger partial charge in [-0.3, -0.25) is 4.90 Å². The summed E-state index contributed by atoms with van der Waals surface area (Å²) in [5.41, 5.74) is 1.32. The quantitative estimate of drug-likeness (QED) is 0.620. The van der Waals surface area contributed by atoms with Crippen molar-refractivity contribution in [1.29, 1.82) is 0 Å². The lowest BCUT2D eigenvalue weighted by Crippen LogP contribution is -2.29. The molecular weight excluding hydrogens is 274 g/mol. The minimum atomic E-state index is 0.780. The van der Waals surface area contributed by atoms with Gasteiger partial charge < -0.3 is 9.47 Å². The molecule has 2 rings (SSSR count). The maximum Gasteiger partial charge on any atom is 0.161 e. The molecule has 0 spiro atoms. The van der Waals surface area contributed by atoms with Crippen LogP contribution in [0.25, 0.3) is 0 Å². The van der Waals surface area contributed by atoms with E-state index in [2.05, 4.69) is 30.0 Å². The lowest BCUT2D eigenvalue weighted by atomic mass is 10.1. The molecule has 1 aromatic carbocycles. The van der Waals surface area contributed by atoms with Crippen molar-refractivity contribution in [2.24, 2.45) is 0 Å². The Morgan fingerprint density at radius 3 is 2.55 bits per heavy atom. The molecule has 1 fully saturated rings. The van der Waals surface area contributed by atoms with E-state index < -0.39 is 0 Å². The topological polar surface area (TPSA) is 21.7 Å². The summed E-state index contributed by atoms with van der Waals surface area (Å²) < 4.78 is 11.4. The van der Waals surface area contributed by atoms with Gasteiger partial charge in [-0.1, -0.05) is 38.7 Å². The number of ether oxygens (including phenoxy) is 2. The van der Waals surface area contributed by atoms with Crippen molar-refractivity contribution in [3.8, 4) is 11.5 Å². The van der Waals surface area contributed by atoms with Crippen LogP contribution in [-0.2, 0) is 6.54 Å². The molecule has 1 aromatic rings. The molecule has 1 heterocycles.